The summed E-state index contributed by atoms with van der Waals surface area (Å²) in [5.74, 6) is -0.500. The fraction of sp³-hybridized carbons (Fsp3) is 0.627. The van der Waals surface area contributed by atoms with Gasteiger partial charge in [0.05, 0.1) is 6.61 Å². The molecule has 0 radical (unpaired) electrons. The summed E-state index contributed by atoms with van der Waals surface area (Å²) >= 11 is 0. The molecule has 0 saturated heterocycles. The van der Waals surface area contributed by atoms with Gasteiger partial charge in [0.25, 0.3) is 0 Å². The predicted molar refractivity (Wildman–Crippen MR) is 279 cm³/mol. The maximum absolute atomic E-state index is 12.8. The van der Waals surface area contributed by atoms with Gasteiger partial charge in [0, 0.05) is 19.4 Å². The average Bonchev–Trinajstić information content (AvgIpc) is 3.30. The third kappa shape index (κ3) is 50.9. The first-order valence-corrected chi connectivity index (χ1v) is 26.1. The molecule has 0 aromatic heterocycles. The minimum absolute atomic E-state index is 0.0322. The highest BCUT2D eigenvalue weighted by atomic mass is 16.6. The van der Waals surface area contributed by atoms with E-state index in [1.54, 1.807) is 0 Å². The fourth-order valence-corrected chi connectivity index (χ4v) is 6.65. The molecular formula is C59H96O5. The number of unbranched alkanes of at least 4 members (excludes halogenated alkanes) is 15. The van der Waals surface area contributed by atoms with E-state index in [1.807, 2.05) is 0 Å². The lowest BCUT2D eigenvalue weighted by Gasteiger charge is -2.18. The highest BCUT2D eigenvalue weighted by Crippen LogP contribution is 2.12. The summed E-state index contributed by atoms with van der Waals surface area (Å²) in [6.45, 7) is 7.44. The van der Waals surface area contributed by atoms with Crippen LogP contribution < -0.4 is 0 Å². The third-order valence-corrected chi connectivity index (χ3v) is 10.5. The summed E-state index contributed by atoms with van der Waals surface area (Å²) in [6, 6.07) is 0. The topological polar surface area (TPSA) is 61.8 Å². The van der Waals surface area contributed by atoms with Crippen LogP contribution in [0.4, 0.5) is 0 Å². The van der Waals surface area contributed by atoms with E-state index in [4.69, 9.17) is 14.2 Å². The van der Waals surface area contributed by atoms with E-state index in [0.29, 0.717) is 19.4 Å². The van der Waals surface area contributed by atoms with E-state index in [1.165, 1.54) is 57.8 Å². The summed E-state index contributed by atoms with van der Waals surface area (Å²) in [7, 11) is 0. The monoisotopic (exact) mass is 885 g/mol. The lowest BCUT2D eigenvalue weighted by Crippen LogP contribution is -2.30. The number of carbonyl (C=O) groups is 2. The maximum atomic E-state index is 12.8. The number of hydrogen-bond donors (Lipinski definition) is 0. The van der Waals surface area contributed by atoms with Crippen LogP contribution in [0, 0.1) is 0 Å². The Hall–Kier alpha value is -3.70. The van der Waals surface area contributed by atoms with Gasteiger partial charge in [-0.3, -0.25) is 9.59 Å². The molecule has 1 unspecified atom stereocenters. The number of rotatable bonds is 46. The Balaban J connectivity index is 4.46. The van der Waals surface area contributed by atoms with E-state index in [2.05, 4.69) is 142 Å². The zero-order chi connectivity index (χ0) is 46.3. The van der Waals surface area contributed by atoms with Crippen molar-refractivity contribution in [2.24, 2.45) is 0 Å². The zero-order valence-electron chi connectivity index (χ0n) is 41.5. The Kier molecular flexibility index (Phi) is 50.5. The van der Waals surface area contributed by atoms with E-state index in [0.717, 1.165) is 122 Å². The molecule has 0 spiro atoms. The molecule has 0 heterocycles. The molecule has 0 aliphatic heterocycles. The van der Waals surface area contributed by atoms with Crippen molar-refractivity contribution in [1.29, 1.82) is 0 Å². The van der Waals surface area contributed by atoms with Crippen LogP contribution in [-0.4, -0.2) is 37.9 Å². The number of ether oxygens (including phenoxy) is 3. The molecule has 0 aromatic carbocycles. The summed E-state index contributed by atoms with van der Waals surface area (Å²) < 4.78 is 17.3. The quantitative estimate of drug-likeness (QED) is 0.0346. The SMILES string of the molecule is CC/C=C\C/C=C\C/C=C\C/C=C\C/C=C\CCCC(=O)OCC(COCCCCC/C=C\C/C=C\C/C=C\C/C=C\CC)OC(=O)CCCCCCC/C=C\CCCCCCCC. The van der Waals surface area contributed by atoms with Gasteiger partial charge in [-0.05, 0) is 122 Å². The van der Waals surface area contributed by atoms with Crippen molar-refractivity contribution in [3.63, 3.8) is 0 Å². The van der Waals surface area contributed by atoms with Gasteiger partial charge in [-0.1, -0.05) is 200 Å². The molecule has 0 aliphatic carbocycles. The molecule has 5 heteroatoms. The molecule has 0 fully saturated rings. The van der Waals surface area contributed by atoms with Crippen LogP contribution in [0.5, 0.6) is 0 Å². The molecule has 1 atom stereocenters. The number of hydrogen-bond acceptors (Lipinski definition) is 5. The molecule has 0 amide bonds. The van der Waals surface area contributed by atoms with Crippen molar-refractivity contribution < 1.29 is 23.8 Å². The smallest absolute Gasteiger partial charge is 0.306 e. The second kappa shape index (κ2) is 53.6. The molecule has 0 bridgehead atoms. The molecule has 362 valence electrons. The van der Waals surface area contributed by atoms with Crippen LogP contribution in [0.3, 0.4) is 0 Å². The van der Waals surface area contributed by atoms with Gasteiger partial charge in [-0.15, -0.1) is 0 Å². The van der Waals surface area contributed by atoms with Crippen molar-refractivity contribution in [3.05, 3.63) is 122 Å². The van der Waals surface area contributed by atoms with E-state index >= 15 is 0 Å². The molecule has 0 N–H and O–H groups in total. The molecular weight excluding hydrogens is 789 g/mol. The van der Waals surface area contributed by atoms with Gasteiger partial charge >= 0.3 is 11.9 Å². The summed E-state index contributed by atoms with van der Waals surface area (Å²) in [5.41, 5.74) is 0. The molecule has 0 aromatic rings. The van der Waals surface area contributed by atoms with E-state index < -0.39 is 6.10 Å². The number of allylic oxidation sites excluding steroid dienone is 20. The van der Waals surface area contributed by atoms with Crippen LogP contribution in [0.1, 0.15) is 213 Å². The van der Waals surface area contributed by atoms with Gasteiger partial charge in [-0.25, -0.2) is 0 Å². The van der Waals surface area contributed by atoms with Crippen LogP contribution >= 0.6 is 0 Å². The molecule has 0 aliphatic rings. The zero-order valence-corrected chi connectivity index (χ0v) is 41.5. The summed E-state index contributed by atoms with van der Waals surface area (Å²) in [6.07, 6.45) is 75.0. The molecule has 5 nitrogen and oxygen atoms in total. The van der Waals surface area contributed by atoms with Gasteiger partial charge in [-0.2, -0.15) is 0 Å². The van der Waals surface area contributed by atoms with Crippen molar-refractivity contribution in [3.8, 4) is 0 Å². The average molecular weight is 885 g/mol. The normalized spacial score (nSPS) is 13.2. The predicted octanol–water partition coefficient (Wildman–Crippen LogP) is 17.8. The fourth-order valence-electron chi connectivity index (χ4n) is 6.65. The summed E-state index contributed by atoms with van der Waals surface area (Å²) in [5, 5.41) is 0. The van der Waals surface area contributed by atoms with Gasteiger partial charge in [0.2, 0.25) is 0 Å². The Morgan fingerprint density at radius 1 is 0.359 bits per heavy atom. The highest BCUT2D eigenvalue weighted by Gasteiger charge is 2.17. The second-order valence-electron chi connectivity index (χ2n) is 16.7. The molecule has 0 rings (SSSR count). The minimum Gasteiger partial charge on any atom is -0.462 e. The van der Waals surface area contributed by atoms with Crippen LogP contribution in [0.2, 0.25) is 0 Å². The Morgan fingerprint density at radius 2 is 0.719 bits per heavy atom. The largest absolute Gasteiger partial charge is 0.462 e. The third-order valence-electron chi connectivity index (χ3n) is 10.5. The van der Waals surface area contributed by atoms with Crippen molar-refractivity contribution in [2.75, 3.05) is 19.8 Å². The van der Waals surface area contributed by atoms with Crippen molar-refractivity contribution in [2.45, 2.75) is 219 Å². The number of carbonyl (C=O) groups excluding carboxylic acids is 2. The molecule has 0 saturated carbocycles. The van der Waals surface area contributed by atoms with Gasteiger partial charge in [0.1, 0.15) is 6.61 Å². The summed E-state index contributed by atoms with van der Waals surface area (Å²) in [4.78, 5) is 25.4. The Bertz CT molecular complexity index is 1320. The Morgan fingerprint density at radius 3 is 1.19 bits per heavy atom. The first-order valence-electron chi connectivity index (χ1n) is 26.1. The van der Waals surface area contributed by atoms with Crippen LogP contribution in [0.25, 0.3) is 0 Å². The number of esters is 2. The van der Waals surface area contributed by atoms with Crippen LogP contribution in [-0.2, 0) is 23.8 Å². The maximum Gasteiger partial charge on any atom is 0.306 e. The van der Waals surface area contributed by atoms with E-state index in [9.17, 15) is 9.59 Å². The lowest BCUT2D eigenvalue weighted by molar-refractivity contribution is -0.163. The second-order valence-corrected chi connectivity index (χ2v) is 16.7. The van der Waals surface area contributed by atoms with Crippen LogP contribution in [0.15, 0.2) is 122 Å². The minimum atomic E-state index is -0.588. The van der Waals surface area contributed by atoms with Crippen molar-refractivity contribution >= 4 is 11.9 Å². The first-order chi connectivity index (χ1) is 31.6. The standard InChI is InChI=1S/C59H96O5/c1-4-7-10-13-16-19-22-25-28-30-32-34-37-40-43-46-49-52-58(60)63-56-57(55-62-54-51-48-45-42-39-36-33-29-26-23-20-17-14-11-8-5-2)64-59(61)53-50-47-44-41-38-35-31-27-24-21-18-15-12-9-6-3/h7-8,10-11,16-17,19-20,25-29,31-32,34,36,39-40,43,57H,4-6,9,12-15,18,21-24,30,33,35,37-38,41-42,44-56H2,1-3H3/b10-7-,11-8-,19-16-,20-17-,28-25-,29-26-,31-27-,34-32-,39-36-,43-40-. The lowest BCUT2D eigenvalue weighted by atomic mass is 10.1. The van der Waals surface area contributed by atoms with Crippen molar-refractivity contribution in [1.82, 2.24) is 0 Å². The van der Waals surface area contributed by atoms with Gasteiger partial charge in [0.15, 0.2) is 6.10 Å². The van der Waals surface area contributed by atoms with E-state index in [-0.39, 0.29) is 25.2 Å². The first kappa shape index (κ1) is 60.3. The highest BCUT2D eigenvalue weighted by molar-refractivity contribution is 5.70. The Labute approximate surface area is 395 Å². The van der Waals surface area contributed by atoms with Gasteiger partial charge < -0.3 is 14.2 Å². The molecule has 64 heavy (non-hydrogen) atoms.